The minimum Gasteiger partial charge on any atom is -0.467 e. The second-order valence-corrected chi connectivity index (χ2v) is 6.76. The lowest BCUT2D eigenvalue weighted by Gasteiger charge is -2.22. The zero-order valence-electron chi connectivity index (χ0n) is 16.6. The largest absolute Gasteiger partial charge is 0.467 e. The molecule has 0 atom stereocenters. The van der Waals surface area contributed by atoms with Crippen LogP contribution in [0, 0.1) is 6.92 Å². The molecule has 6 heteroatoms. The molecule has 0 saturated carbocycles. The molecule has 6 nitrogen and oxygen atoms in total. The lowest BCUT2D eigenvalue weighted by atomic mass is 10.1. The van der Waals surface area contributed by atoms with Gasteiger partial charge in [0.2, 0.25) is 5.88 Å². The van der Waals surface area contributed by atoms with Crippen LogP contribution < -0.4 is 4.74 Å². The van der Waals surface area contributed by atoms with Crippen LogP contribution in [0.1, 0.15) is 49.3 Å². The van der Waals surface area contributed by atoms with Gasteiger partial charge in [-0.25, -0.2) is 4.98 Å². The summed E-state index contributed by atoms with van der Waals surface area (Å²) in [5.74, 6) is 1.12. The van der Waals surface area contributed by atoms with Gasteiger partial charge in [0.15, 0.2) is 6.61 Å². The van der Waals surface area contributed by atoms with E-state index in [0.717, 1.165) is 16.8 Å². The zero-order chi connectivity index (χ0) is 19.8. The quantitative estimate of drug-likeness (QED) is 0.733. The van der Waals surface area contributed by atoms with Gasteiger partial charge < -0.3 is 14.7 Å². The van der Waals surface area contributed by atoms with Crippen LogP contribution in [0.5, 0.6) is 5.88 Å². The maximum Gasteiger partial charge on any atom is 0.260 e. The highest BCUT2D eigenvalue weighted by atomic mass is 16.5. The summed E-state index contributed by atoms with van der Waals surface area (Å²) in [6.45, 7) is 8.87. The summed E-state index contributed by atoms with van der Waals surface area (Å²) in [6.07, 6.45) is 0.398. The first kappa shape index (κ1) is 20.8. The minimum atomic E-state index is -0.0985. The maximum absolute atomic E-state index is 12.6. The summed E-state index contributed by atoms with van der Waals surface area (Å²) in [4.78, 5) is 23.3. The summed E-state index contributed by atoms with van der Waals surface area (Å²) in [5, 5.41) is 9.33. The molecular weight excluding hydrogens is 342 g/mol. The molecule has 0 unspecified atom stereocenters. The standard InChI is InChI=1S/C21H29N3O3/c1-5-24(13-17-9-7-6-8-10-17)19(26)14-27-21-18(11-12-25)16(4)22-20(23-21)15(2)3/h6-10,15,25H,5,11-14H2,1-4H3. The van der Waals surface area contributed by atoms with Crippen molar-refractivity contribution in [2.75, 3.05) is 19.8 Å². The van der Waals surface area contributed by atoms with Crippen molar-refractivity contribution in [2.24, 2.45) is 0 Å². The molecule has 0 bridgehead atoms. The van der Waals surface area contributed by atoms with Crippen LogP contribution in [0.3, 0.4) is 0 Å². The number of amides is 1. The molecule has 2 rings (SSSR count). The smallest absolute Gasteiger partial charge is 0.260 e. The number of aromatic nitrogens is 2. The fraction of sp³-hybridized carbons (Fsp3) is 0.476. The molecule has 0 fully saturated rings. The average Bonchev–Trinajstić information content (AvgIpc) is 2.66. The van der Waals surface area contributed by atoms with Crippen molar-refractivity contribution in [3.05, 3.63) is 53.0 Å². The molecule has 0 saturated heterocycles. The fourth-order valence-electron chi connectivity index (χ4n) is 2.77. The number of carbonyl (C=O) groups is 1. The molecule has 1 amide bonds. The Balaban J connectivity index is 2.12. The van der Waals surface area contributed by atoms with Crippen LogP contribution in [0.15, 0.2) is 30.3 Å². The fourth-order valence-corrected chi connectivity index (χ4v) is 2.77. The van der Waals surface area contributed by atoms with Crippen LogP contribution in [-0.4, -0.2) is 45.6 Å². The molecular formula is C21H29N3O3. The predicted octanol–water partition coefficient (Wildman–Crippen LogP) is 2.87. The van der Waals surface area contributed by atoms with Gasteiger partial charge in [-0.05, 0) is 19.4 Å². The Morgan fingerprint density at radius 3 is 2.52 bits per heavy atom. The Hall–Kier alpha value is -2.47. The van der Waals surface area contributed by atoms with Crippen molar-refractivity contribution in [3.8, 4) is 5.88 Å². The van der Waals surface area contributed by atoms with E-state index < -0.39 is 0 Å². The number of benzene rings is 1. The number of carbonyl (C=O) groups excluding carboxylic acids is 1. The molecule has 2 aromatic rings. The normalized spacial score (nSPS) is 10.9. The number of aliphatic hydroxyl groups is 1. The number of hydrogen-bond donors (Lipinski definition) is 1. The highest BCUT2D eigenvalue weighted by Gasteiger charge is 2.18. The first-order valence-corrected chi connectivity index (χ1v) is 9.39. The first-order valence-electron chi connectivity index (χ1n) is 9.39. The van der Waals surface area contributed by atoms with E-state index in [1.807, 2.05) is 58.0 Å². The van der Waals surface area contributed by atoms with E-state index in [4.69, 9.17) is 4.74 Å². The van der Waals surface area contributed by atoms with Gasteiger partial charge in [-0.15, -0.1) is 0 Å². The summed E-state index contributed by atoms with van der Waals surface area (Å²) in [5.41, 5.74) is 2.61. The summed E-state index contributed by atoms with van der Waals surface area (Å²) < 4.78 is 5.79. The third-order valence-corrected chi connectivity index (χ3v) is 4.35. The number of aryl methyl sites for hydroxylation is 1. The van der Waals surface area contributed by atoms with E-state index in [2.05, 4.69) is 9.97 Å². The third kappa shape index (κ3) is 5.76. The lowest BCUT2D eigenvalue weighted by Crippen LogP contribution is -2.34. The Kier molecular flexibility index (Phi) is 7.73. The molecule has 1 N–H and O–H groups in total. The van der Waals surface area contributed by atoms with E-state index in [1.54, 1.807) is 4.90 Å². The maximum atomic E-state index is 12.6. The number of ether oxygens (including phenoxy) is 1. The molecule has 0 radical (unpaired) electrons. The molecule has 1 aromatic heterocycles. The Morgan fingerprint density at radius 1 is 1.22 bits per heavy atom. The van der Waals surface area contributed by atoms with E-state index in [1.165, 1.54) is 0 Å². The molecule has 0 spiro atoms. The number of rotatable bonds is 9. The molecule has 1 heterocycles. The first-order chi connectivity index (χ1) is 13.0. The number of likely N-dealkylation sites (N-methyl/N-ethyl adjacent to an activating group) is 1. The second kappa shape index (κ2) is 10.0. The summed E-state index contributed by atoms with van der Waals surface area (Å²) >= 11 is 0. The third-order valence-electron chi connectivity index (χ3n) is 4.35. The topological polar surface area (TPSA) is 75.6 Å². The zero-order valence-corrected chi connectivity index (χ0v) is 16.6. The van der Waals surface area contributed by atoms with Crippen molar-refractivity contribution >= 4 is 5.91 Å². The molecule has 27 heavy (non-hydrogen) atoms. The van der Waals surface area contributed by atoms with Crippen LogP contribution in [0.25, 0.3) is 0 Å². The van der Waals surface area contributed by atoms with Crippen LogP contribution in [0.2, 0.25) is 0 Å². The summed E-state index contributed by atoms with van der Waals surface area (Å²) in [6, 6.07) is 9.87. The Bertz CT molecular complexity index is 748. The lowest BCUT2D eigenvalue weighted by molar-refractivity contribution is -0.133. The number of hydrogen-bond acceptors (Lipinski definition) is 5. The van der Waals surface area contributed by atoms with Crippen molar-refractivity contribution in [1.29, 1.82) is 0 Å². The van der Waals surface area contributed by atoms with Gasteiger partial charge in [-0.1, -0.05) is 44.2 Å². The molecule has 0 aliphatic heterocycles. The van der Waals surface area contributed by atoms with Crippen molar-refractivity contribution in [3.63, 3.8) is 0 Å². The predicted molar refractivity (Wildman–Crippen MR) is 105 cm³/mol. The highest BCUT2D eigenvalue weighted by Crippen LogP contribution is 2.22. The van der Waals surface area contributed by atoms with Gasteiger partial charge in [-0.2, -0.15) is 4.98 Å². The van der Waals surface area contributed by atoms with Crippen LogP contribution in [-0.2, 0) is 17.8 Å². The molecule has 1 aromatic carbocycles. The van der Waals surface area contributed by atoms with E-state index in [9.17, 15) is 9.90 Å². The second-order valence-electron chi connectivity index (χ2n) is 6.76. The van der Waals surface area contributed by atoms with Gasteiger partial charge in [-0.3, -0.25) is 4.79 Å². The van der Waals surface area contributed by atoms with Crippen LogP contribution in [0.4, 0.5) is 0 Å². The number of nitrogens with zero attached hydrogens (tertiary/aromatic N) is 3. The highest BCUT2D eigenvalue weighted by molar-refractivity contribution is 5.77. The van der Waals surface area contributed by atoms with Crippen LogP contribution >= 0.6 is 0 Å². The van der Waals surface area contributed by atoms with Gasteiger partial charge in [0, 0.05) is 43.3 Å². The van der Waals surface area contributed by atoms with Crippen molar-refractivity contribution in [1.82, 2.24) is 14.9 Å². The van der Waals surface area contributed by atoms with Gasteiger partial charge in [0.25, 0.3) is 5.91 Å². The monoisotopic (exact) mass is 371 g/mol. The van der Waals surface area contributed by atoms with E-state index in [0.29, 0.717) is 31.2 Å². The summed E-state index contributed by atoms with van der Waals surface area (Å²) in [7, 11) is 0. The average molecular weight is 371 g/mol. The Labute approximate surface area is 161 Å². The molecule has 0 aliphatic carbocycles. The van der Waals surface area contributed by atoms with E-state index in [-0.39, 0.29) is 25.0 Å². The number of aliphatic hydroxyl groups excluding tert-OH is 1. The van der Waals surface area contributed by atoms with Gasteiger partial charge in [0.1, 0.15) is 5.82 Å². The van der Waals surface area contributed by atoms with Gasteiger partial charge >= 0.3 is 0 Å². The minimum absolute atomic E-state index is 0.0232. The Morgan fingerprint density at radius 2 is 1.93 bits per heavy atom. The molecule has 0 aliphatic rings. The van der Waals surface area contributed by atoms with Gasteiger partial charge in [0.05, 0.1) is 0 Å². The van der Waals surface area contributed by atoms with Crippen molar-refractivity contribution in [2.45, 2.75) is 46.6 Å². The van der Waals surface area contributed by atoms with E-state index >= 15 is 0 Å². The van der Waals surface area contributed by atoms with Crippen molar-refractivity contribution < 1.29 is 14.6 Å². The SMILES string of the molecule is CCN(Cc1ccccc1)C(=O)COc1nc(C(C)C)nc(C)c1CCO. The molecule has 146 valence electrons.